The van der Waals surface area contributed by atoms with E-state index in [1.165, 1.54) is 0 Å². The summed E-state index contributed by atoms with van der Waals surface area (Å²) >= 11 is 5.41. The largest absolute Gasteiger partial charge is 0.460 e. The van der Waals surface area contributed by atoms with E-state index in [0.29, 0.717) is 25.1 Å². The zero-order valence-corrected chi connectivity index (χ0v) is 23.9. The molecule has 0 aromatic heterocycles. The Bertz CT molecular complexity index is 959. The van der Waals surface area contributed by atoms with Crippen molar-refractivity contribution >= 4 is 46.9 Å². The van der Waals surface area contributed by atoms with Crippen LogP contribution < -0.4 is 21.3 Å². The number of benzene rings is 1. The lowest BCUT2D eigenvalue weighted by atomic mass is 9.97. The number of unbranched alkanes of at least 4 members (excludes halogenated alkanes) is 1. The molecule has 4 amide bonds. The lowest BCUT2D eigenvalue weighted by Crippen LogP contribution is -2.53. The molecule has 11 heteroatoms. The van der Waals surface area contributed by atoms with Gasteiger partial charge in [-0.2, -0.15) is 0 Å². The summed E-state index contributed by atoms with van der Waals surface area (Å²) < 4.78 is 5.29. The Kier molecular flexibility index (Phi) is 13.8. The van der Waals surface area contributed by atoms with E-state index in [-0.39, 0.29) is 42.6 Å². The Morgan fingerprint density at radius 1 is 0.895 bits per heavy atom. The van der Waals surface area contributed by atoms with Crippen LogP contribution in [0, 0.1) is 11.3 Å². The van der Waals surface area contributed by atoms with Gasteiger partial charge in [0.2, 0.25) is 23.6 Å². The first-order valence-corrected chi connectivity index (χ1v) is 13.3. The molecule has 1 aromatic rings. The fourth-order valence-electron chi connectivity index (χ4n) is 3.14. The summed E-state index contributed by atoms with van der Waals surface area (Å²) in [5, 5.41) is 10.8. The van der Waals surface area contributed by atoms with Gasteiger partial charge in [0.1, 0.15) is 24.6 Å². The molecule has 4 N–H and O–H groups in total. The zero-order chi connectivity index (χ0) is 28.9. The second-order valence-corrected chi connectivity index (χ2v) is 10.7. The SMILES string of the molecule is CC(C)C(NC(=O)CCCCNC(=O)CCl)C(=O)N[C@H](C)C(=O)Nc1ccc(COC(=O)C(C)(C)C)cc1. The molecule has 0 fully saturated rings. The average molecular weight is 553 g/mol. The number of carbonyl (C=O) groups is 5. The second kappa shape index (κ2) is 16.0. The molecule has 0 saturated carbocycles. The molecule has 0 aliphatic carbocycles. The Morgan fingerprint density at radius 3 is 2.08 bits per heavy atom. The summed E-state index contributed by atoms with van der Waals surface area (Å²) in [6.07, 6.45) is 1.35. The monoisotopic (exact) mass is 552 g/mol. The maximum atomic E-state index is 12.8. The Labute approximate surface area is 230 Å². The van der Waals surface area contributed by atoms with Crippen molar-refractivity contribution in [2.75, 3.05) is 17.7 Å². The van der Waals surface area contributed by atoms with Gasteiger partial charge in [0, 0.05) is 18.7 Å². The highest BCUT2D eigenvalue weighted by Crippen LogP contribution is 2.17. The van der Waals surface area contributed by atoms with Gasteiger partial charge in [-0.15, -0.1) is 11.6 Å². The molecule has 1 aromatic carbocycles. The third kappa shape index (κ3) is 12.4. The smallest absolute Gasteiger partial charge is 0.311 e. The summed E-state index contributed by atoms with van der Waals surface area (Å²) in [6.45, 7) is 11.1. The van der Waals surface area contributed by atoms with Crippen molar-refractivity contribution in [1.29, 1.82) is 0 Å². The number of hydrogen-bond donors (Lipinski definition) is 4. The van der Waals surface area contributed by atoms with Crippen LogP contribution in [0.4, 0.5) is 5.69 Å². The van der Waals surface area contributed by atoms with Gasteiger partial charge in [0.05, 0.1) is 5.41 Å². The predicted octanol–water partition coefficient (Wildman–Crippen LogP) is 2.89. The Morgan fingerprint density at radius 2 is 1.53 bits per heavy atom. The number of alkyl halides is 1. The van der Waals surface area contributed by atoms with Crippen molar-refractivity contribution in [2.45, 2.75) is 79.5 Å². The molecule has 0 heterocycles. The molecule has 0 bridgehead atoms. The van der Waals surface area contributed by atoms with Gasteiger partial charge in [-0.05, 0) is 64.2 Å². The van der Waals surface area contributed by atoms with E-state index in [0.717, 1.165) is 5.56 Å². The summed E-state index contributed by atoms with van der Waals surface area (Å²) in [5.74, 6) is -2.03. The van der Waals surface area contributed by atoms with E-state index < -0.39 is 29.3 Å². The van der Waals surface area contributed by atoms with E-state index in [4.69, 9.17) is 16.3 Å². The van der Waals surface area contributed by atoms with E-state index >= 15 is 0 Å². The van der Waals surface area contributed by atoms with Crippen molar-refractivity contribution < 1.29 is 28.7 Å². The van der Waals surface area contributed by atoms with Crippen molar-refractivity contribution in [3.8, 4) is 0 Å². The lowest BCUT2D eigenvalue weighted by molar-refractivity contribution is -0.154. The number of nitrogens with one attached hydrogen (secondary N) is 4. The maximum absolute atomic E-state index is 12.8. The van der Waals surface area contributed by atoms with Crippen LogP contribution in [-0.2, 0) is 35.3 Å². The van der Waals surface area contributed by atoms with E-state index in [1.54, 1.807) is 65.8 Å². The molecule has 0 saturated heterocycles. The highest BCUT2D eigenvalue weighted by atomic mass is 35.5. The van der Waals surface area contributed by atoms with E-state index in [1.807, 2.05) is 0 Å². The third-order valence-electron chi connectivity index (χ3n) is 5.50. The number of rotatable bonds is 14. The first kappa shape index (κ1) is 32.9. The topological polar surface area (TPSA) is 143 Å². The molecule has 212 valence electrons. The van der Waals surface area contributed by atoms with Crippen LogP contribution in [0.5, 0.6) is 0 Å². The van der Waals surface area contributed by atoms with Gasteiger partial charge in [-0.25, -0.2) is 0 Å². The number of carbonyl (C=O) groups excluding carboxylic acids is 5. The van der Waals surface area contributed by atoms with Gasteiger partial charge >= 0.3 is 5.97 Å². The minimum Gasteiger partial charge on any atom is -0.460 e. The third-order valence-corrected chi connectivity index (χ3v) is 5.74. The van der Waals surface area contributed by atoms with Crippen LogP contribution in [0.1, 0.15) is 66.4 Å². The van der Waals surface area contributed by atoms with Crippen LogP contribution >= 0.6 is 11.6 Å². The van der Waals surface area contributed by atoms with Crippen molar-refractivity contribution in [3.05, 3.63) is 29.8 Å². The standard InChI is InChI=1S/C27H41ClN4O6/c1-17(2)23(32-21(33)9-7-8-14-29-22(34)15-28)25(36)30-18(3)24(35)31-20-12-10-19(11-13-20)16-38-26(37)27(4,5)6/h10-13,17-18,23H,7-9,14-16H2,1-6H3,(H,29,34)(H,30,36)(H,31,35)(H,32,33)/t18-,23?/m1/s1. The quantitative estimate of drug-likeness (QED) is 0.159. The molecular weight excluding hydrogens is 512 g/mol. The second-order valence-electron chi connectivity index (χ2n) is 10.5. The fraction of sp³-hybridized carbons (Fsp3) is 0.593. The van der Waals surface area contributed by atoms with Crippen molar-refractivity contribution in [3.63, 3.8) is 0 Å². The van der Waals surface area contributed by atoms with Crippen LogP contribution in [0.15, 0.2) is 24.3 Å². The van der Waals surface area contributed by atoms with Crippen LogP contribution in [0.25, 0.3) is 0 Å². The lowest BCUT2D eigenvalue weighted by Gasteiger charge is -2.24. The van der Waals surface area contributed by atoms with Gasteiger partial charge < -0.3 is 26.0 Å². The van der Waals surface area contributed by atoms with Crippen LogP contribution in [0.2, 0.25) is 0 Å². The minimum atomic E-state index is -0.849. The summed E-state index contributed by atoms with van der Waals surface area (Å²) in [4.78, 5) is 60.8. The molecule has 1 rings (SSSR count). The van der Waals surface area contributed by atoms with Crippen molar-refractivity contribution in [1.82, 2.24) is 16.0 Å². The van der Waals surface area contributed by atoms with Gasteiger partial charge in [0.25, 0.3) is 0 Å². The molecule has 38 heavy (non-hydrogen) atoms. The maximum Gasteiger partial charge on any atom is 0.311 e. The molecular formula is C27H41ClN4O6. The number of ether oxygens (including phenoxy) is 1. The van der Waals surface area contributed by atoms with E-state index in [2.05, 4.69) is 21.3 Å². The average Bonchev–Trinajstić information content (AvgIpc) is 2.85. The molecule has 0 spiro atoms. The Hall–Kier alpha value is -3.14. The molecule has 0 aliphatic heterocycles. The molecule has 2 atom stereocenters. The number of hydrogen-bond acceptors (Lipinski definition) is 6. The number of halogens is 1. The highest BCUT2D eigenvalue weighted by molar-refractivity contribution is 6.27. The number of amides is 4. The first-order chi connectivity index (χ1) is 17.7. The normalized spacial score (nSPS) is 12.7. The zero-order valence-electron chi connectivity index (χ0n) is 23.1. The minimum absolute atomic E-state index is 0.106. The van der Waals surface area contributed by atoms with Gasteiger partial charge in [-0.3, -0.25) is 24.0 Å². The molecule has 0 aliphatic rings. The molecule has 1 unspecified atom stereocenters. The van der Waals surface area contributed by atoms with Crippen LogP contribution in [-0.4, -0.2) is 54.1 Å². The van der Waals surface area contributed by atoms with Gasteiger partial charge in [-0.1, -0.05) is 26.0 Å². The number of anilines is 1. The Balaban J connectivity index is 2.54. The molecule has 10 nitrogen and oxygen atoms in total. The fourth-order valence-corrected chi connectivity index (χ4v) is 3.23. The van der Waals surface area contributed by atoms with Crippen molar-refractivity contribution in [2.24, 2.45) is 11.3 Å². The molecule has 0 radical (unpaired) electrons. The number of esters is 1. The first-order valence-electron chi connectivity index (χ1n) is 12.7. The summed E-state index contributed by atoms with van der Waals surface area (Å²) in [5.41, 5.74) is 0.714. The highest BCUT2D eigenvalue weighted by Gasteiger charge is 2.27. The predicted molar refractivity (Wildman–Crippen MR) is 146 cm³/mol. The van der Waals surface area contributed by atoms with Crippen LogP contribution in [0.3, 0.4) is 0 Å². The summed E-state index contributed by atoms with van der Waals surface area (Å²) in [6, 6.07) is 5.20. The summed E-state index contributed by atoms with van der Waals surface area (Å²) in [7, 11) is 0. The van der Waals surface area contributed by atoms with E-state index in [9.17, 15) is 24.0 Å². The van der Waals surface area contributed by atoms with Gasteiger partial charge in [0.15, 0.2) is 0 Å².